The Morgan fingerprint density at radius 3 is 2.64 bits per heavy atom. The first kappa shape index (κ1) is 26.6. The second-order valence-electron chi connectivity index (χ2n) is 10.6. The first-order valence-electron chi connectivity index (χ1n) is 13.0. The second-order valence-corrected chi connectivity index (χ2v) is 11.1. The minimum absolute atomic E-state index is 0.106. The summed E-state index contributed by atoms with van der Waals surface area (Å²) < 4.78 is 5.37. The highest BCUT2D eigenvalue weighted by Crippen LogP contribution is 2.26. The molecule has 11 nitrogen and oxygen atoms in total. The van der Waals surface area contributed by atoms with Crippen LogP contribution in [0.1, 0.15) is 52.0 Å². The standard InChI is InChI=1S/C27H32ClN9O2/c1-27(2,3)39-26(38)33-19-9-7-18(8-10-19)32-25-31-15-20-22(36-37-23(20)35-25)21-11-12-29-24(34-21)30-14-16-5-4-6-17(28)13-16/h4-6,11-13,15,18-19H,7-10,14H2,1-3H3,(H,33,38)(H,29,30,34)(H2,31,32,35,36,37)/t18-,19+. The average Bonchev–Trinajstić information content (AvgIpc) is 3.31. The van der Waals surface area contributed by atoms with Crippen LogP contribution in [0, 0.1) is 0 Å². The quantitative estimate of drug-likeness (QED) is 0.241. The molecule has 1 fully saturated rings. The smallest absolute Gasteiger partial charge is 0.407 e. The van der Waals surface area contributed by atoms with Gasteiger partial charge in [0.15, 0.2) is 5.65 Å². The van der Waals surface area contributed by atoms with Crippen molar-refractivity contribution in [2.24, 2.45) is 0 Å². The summed E-state index contributed by atoms with van der Waals surface area (Å²) in [5, 5.41) is 18.5. The van der Waals surface area contributed by atoms with Crippen LogP contribution in [-0.4, -0.2) is 53.9 Å². The molecule has 204 valence electrons. The number of anilines is 2. The minimum Gasteiger partial charge on any atom is -0.444 e. The van der Waals surface area contributed by atoms with E-state index in [1.807, 2.05) is 45.0 Å². The van der Waals surface area contributed by atoms with Gasteiger partial charge in [-0.05, 0) is 70.2 Å². The molecule has 3 aromatic heterocycles. The van der Waals surface area contributed by atoms with E-state index in [-0.39, 0.29) is 18.2 Å². The number of nitrogens with zero attached hydrogens (tertiary/aromatic N) is 5. The normalized spacial score (nSPS) is 17.5. The van der Waals surface area contributed by atoms with E-state index in [1.165, 1.54) is 0 Å². The van der Waals surface area contributed by atoms with Crippen molar-refractivity contribution in [3.8, 4) is 11.4 Å². The van der Waals surface area contributed by atoms with Gasteiger partial charge in [-0.25, -0.2) is 19.7 Å². The molecule has 0 bridgehead atoms. The monoisotopic (exact) mass is 549 g/mol. The lowest BCUT2D eigenvalue weighted by Gasteiger charge is -2.30. The van der Waals surface area contributed by atoms with Gasteiger partial charge in [0, 0.05) is 36.0 Å². The molecule has 4 N–H and O–H groups in total. The summed E-state index contributed by atoms with van der Waals surface area (Å²) in [6, 6.07) is 9.76. The fraction of sp³-hybridized carbons (Fsp3) is 0.407. The summed E-state index contributed by atoms with van der Waals surface area (Å²) in [6.45, 7) is 6.12. The third-order valence-corrected chi connectivity index (χ3v) is 6.57. The molecule has 1 aliphatic rings. The Labute approximate surface area is 231 Å². The number of hydrogen-bond acceptors (Lipinski definition) is 9. The van der Waals surface area contributed by atoms with Gasteiger partial charge in [-0.2, -0.15) is 10.1 Å². The average molecular weight is 550 g/mol. The van der Waals surface area contributed by atoms with E-state index >= 15 is 0 Å². The predicted molar refractivity (Wildman–Crippen MR) is 151 cm³/mol. The zero-order chi connectivity index (χ0) is 27.4. The number of aromatic amines is 1. The maximum Gasteiger partial charge on any atom is 0.407 e. The van der Waals surface area contributed by atoms with Gasteiger partial charge >= 0.3 is 6.09 Å². The van der Waals surface area contributed by atoms with Gasteiger partial charge < -0.3 is 20.7 Å². The van der Waals surface area contributed by atoms with Crippen LogP contribution < -0.4 is 16.0 Å². The van der Waals surface area contributed by atoms with Gasteiger partial charge in [-0.3, -0.25) is 5.10 Å². The van der Waals surface area contributed by atoms with Gasteiger partial charge in [-0.1, -0.05) is 23.7 Å². The maximum atomic E-state index is 12.1. The molecule has 1 aromatic carbocycles. The number of hydrogen-bond donors (Lipinski definition) is 4. The molecule has 0 aliphatic heterocycles. The van der Waals surface area contributed by atoms with Crippen LogP contribution in [0.5, 0.6) is 0 Å². The lowest BCUT2D eigenvalue weighted by atomic mass is 9.91. The number of carbonyl (C=O) groups is 1. The van der Waals surface area contributed by atoms with E-state index in [0.29, 0.717) is 40.5 Å². The summed E-state index contributed by atoms with van der Waals surface area (Å²) in [6.07, 6.45) is 6.57. The van der Waals surface area contributed by atoms with Gasteiger partial charge in [0.1, 0.15) is 11.3 Å². The molecule has 0 spiro atoms. The Kier molecular flexibility index (Phi) is 7.78. The van der Waals surface area contributed by atoms with Crippen molar-refractivity contribution in [1.29, 1.82) is 0 Å². The first-order chi connectivity index (χ1) is 18.7. The lowest BCUT2D eigenvalue weighted by molar-refractivity contribution is 0.0492. The number of nitrogens with one attached hydrogen (secondary N) is 4. The van der Waals surface area contributed by atoms with Crippen molar-refractivity contribution in [3.05, 3.63) is 53.3 Å². The summed E-state index contributed by atoms with van der Waals surface area (Å²) in [4.78, 5) is 30.2. The van der Waals surface area contributed by atoms with Gasteiger partial charge in [0.2, 0.25) is 11.9 Å². The molecule has 0 atom stereocenters. The van der Waals surface area contributed by atoms with Crippen LogP contribution in [0.3, 0.4) is 0 Å². The van der Waals surface area contributed by atoms with Crippen molar-refractivity contribution in [2.75, 3.05) is 10.6 Å². The van der Waals surface area contributed by atoms with E-state index in [1.54, 1.807) is 18.5 Å². The topological polar surface area (TPSA) is 143 Å². The molecular weight excluding hydrogens is 518 g/mol. The molecule has 5 rings (SSSR count). The Bertz CT molecular complexity index is 1440. The van der Waals surface area contributed by atoms with E-state index < -0.39 is 5.60 Å². The highest BCUT2D eigenvalue weighted by atomic mass is 35.5. The van der Waals surface area contributed by atoms with Crippen molar-refractivity contribution >= 4 is 40.6 Å². The third kappa shape index (κ3) is 7.11. The summed E-state index contributed by atoms with van der Waals surface area (Å²) >= 11 is 6.08. The number of aromatic nitrogens is 6. The molecule has 12 heteroatoms. The van der Waals surface area contributed by atoms with Crippen molar-refractivity contribution < 1.29 is 9.53 Å². The Hall–Kier alpha value is -3.99. The highest BCUT2D eigenvalue weighted by Gasteiger charge is 2.25. The number of rotatable bonds is 7. The number of alkyl carbamates (subject to hydrolysis) is 1. The molecular formula is C27H32ClN9O2. The number of benzene rings is 1. The number of H-pyrrole nitrogens is 1. The van der Waals surface area contributed by atoms with Crippen LogP contribution in [0.2, 0.25) is 5.02 Å². The van der Waals surface area contributed by atoms with E-state index in [4.69, 9.17) is 16.3 Å². The molecule has 39 heavy (non-hydrogen) atoms. The molecule has 0 radical (unpaired) electrons. The number of carbonyl (C=O) groups excluding carboxylic acids is 1. The molecule has 1 saturated carbocycles. The SMILES string of the molecule is CC(C)(C)OC(=O)N[C@H]1CC[C@@H](Nc2ncc3c(-c4ccnc(NCc5cccc(Cl)c5)n4)n[nH]c3n2)CC1. The number of fused-ring (bicyclic) bond motifs is 1. The molecule has 1 aliphatic carbocycles. The fourth-order valence-electron chi connectivity index (χ4n) is 4.52. The Morgan fingerprint density at radius 2 is 1.87 bits per heavy atom. The number of ether oxygens (including phenoxy) is 1. The number of amides is 1. The van der Waals surface area contributed by atoms with Crippen LogP contribution >= 0.6 is 11.6 Å². The zero-order valence-corrected chi connectivity index (χ0v) is 22.9. The van der Waals surface area contributed by atoms with Crippen LogP contribution in [0.15, 0.2) is 42.7 Å². The Morgan fingerprint density at radius 1 is 1.08 bits per heavy atom. The Balaban J connectivity index is 1.19. The fourth-order valence-corrected chi connectivity index (χ4v) is 4.73. The van der Waals surface area contributed by atoms with Crippen LogP contribution in [0.4, 0.5) is 16.7 Å². The van der Waals surface area contributed by atoms with Crippen LogP contribution in [0.25, 0.3) is 22.4 Å². The van der Waals surface area contributed by atoms with E-state index in [2.05, 4.69) is 46.1 Å². The summed E-state index contributed by atoms with van der Waals surface area (Å²) in [5.74, 6) is 1.02. The second kappa shape index (κ2) is 11.4. The van der Waals surface area contributed by atoms with Gasteiger partial charge in [-0.15, -0.1) is 0 Å². The molecule has 4 aromatic rings. The highest BCUT2D eigenvalue weighted by molar-refractivity contribution is 6.30. The lowest BCUT2D eigenvalue weighted by Crippen LogP contribution is -2.42. The van der Waals surface area contributed by atoms with E-state index in [0.717, 1.165) is 36.6 Å². The largest absolute Gasteiger partial charge is 0.444 e. The van der Waals surface area contributed by atoms with Gasteiger partial charge in [0.05, 0.1) is 11.1 Å². The zero-order valence-electron chi connectivity index (χ0n) is 22.2. The van der Waals surface area contributed by atoms with E-state index in [9.17, 15) is 4.79 Å². The van der Waals surface area contributed by atoms with Crippen molar-refractivity contribution in [1.82, 2.24) is 35.5 Å². The van der Waals surface area contributed by atoms with Crippen LogP contribution in [-0.2, 0) is 11.3 Å². The summed E-state index contributed by atoms with van der Waals surface area (Å²) in [7, 11) is 0. The van der Waals surface area contributed by atoms with Crippen molar-refractivity contribution in [3.63, 3.8) is 0 Å². The van der Waals surface area contributed by atoms with Gasteiger partial charge in [0.25, 0.3) is 0 Å². The first-order valence-corrected chi connectivity index (χ1v) is 13.4. The minimum atomic E-state index is -0.504. The molecule has 0 unspecified atom stereocenters. The maximum absolute atomic E-state index is 12.1. The molecule has 3 heterocycles. The summed E-state index contributed by atoms with van der Waals surface area (Å²) in [5.41, 5.74) is 2.46. The molecule has 1 amide bonds. The van der Waals surface area contributed by atoms with Crippen molar-refractivity contribution in [2.45, 2.75) is 70.7 Å². The number of halogens is 1. The molecule has 0 saturated heterocycles. The third-order valence-electron chi connectivity index (χ3n) is 6.34. The predicted octanol–water partition coefficient (Wildman–Crippen LogP) is 5.32.